The number of guanidine groups is 1. The lowest BCUT2D eigenvalue weighted by Crippen LogP contribution is -2.48. The maximum Gasteiger partial charge on any atom is 0.201 e. The molecule has 0 amide bonds. The van der Waals surface area contributed by atoms with Gasteiger partial charge in [-0.2, -0.15) is 0 Å². The van der Waals surface area contributed by atoms with Gasteiger partial charge in [-0.15, -0.1) is 0 Å². The van der Waals surface area contributed by atoms with Crippen molar-refractivity contribution in [2.45, 2.75) is 77.8 Å². The summed E-state index contributed by atoms with van der Waals surface area (Å²) in [6.45, 7) is 7.41. The Morgan fingerprint density at radius 1 is 0.963 bits per heavy atom. The van der Waals surface area contributed by atoms with Gasteiger partial charge in [-0.1, -0.05) is 62.8 Å². The van der Waals surface area contributed by atoms with Crippen molar-refractivity contribution in [3.05, 3.63) is 34.9 Å². The maximum atomic E-state index is 5.97. The average molecular weight is 391 g/mol. The number of unbranched alkanes of at least 4 members (excludes halogenated alkanes) is 5. The van der Waals surface area contributed by atoms with Gasteiger partial charge >= 0.3 is 0 Å². The molecule has 0 aromatic heterocycles. The van der Waals surface area contributed by atoms with Gasteiger partial charge in [0.15, 0.2) is 0 Å². The minimum atomic E-state index is -0.411. The van der Waals surface area contributed by atoms with E-state index in [9.17, 15) is 0 Å². The summed E-state index contributed by atoms with van der Waals surface area (Å²) in [5.41, 5.74) is 0.858. The standard InChI is InChI=1S/C22H35ClN4/c1-5-6-7-8-9-10-17-27(4)21-24-20(25-22(2,3)26-21)16-13-18-11-14-19(23)15-12-18/h11-12,14-15H,5-10,13,16-17H2,1-4H3,(H,24,25,26). The lowest BCUT2D eigenvalue weighted by Gasteiger charge is -2.31. The number of nitrogens with zero attached hydrogens (tertiary/aromatic N) is 3. The second-order valence-electron chi connectivity index (χ2n) is 7.93. The SMILES string of the molecule is CCCCCCCCN(C)C1=NC(C)(C)N=C(CCc2ccc(Cl)cc2)N1. The molecule has 0 bridgehead atoms. The minimum absolute atomic E-state index is 0.411. The summed E-state index contributed by atoms with van der Waals surface area (Å²) < 4.78 is 0. The van der Waals surface area contributed by atoms with Crippen molar-refractivity contribution in [1.82, 2.24) is 10.2 Å². The van der Waals surface area contributed by atoms with E-state index in [1.165, 1.54) is 44.1 Å². The number of aryl methyl sites for hydroxylation is 1. The Balaban J connectivity index is 1.83. The molecule has 0 atom stereocenters. The second-order valence-corrected chi connectivity index (χ2v) is 8.37. The third-order valence-electron chi connectivity index (χ3n) is 4.82. The Kier molecular flexibility index (Phi) is 8.62. The molecule has 0 saturated heterocycles. The molecule has 1 aliphatic heterocycles. The monoisotopic (exact) mass is 390 g/mol. The lowest BCUT2D eigenvalue weighted by atomic mass is 10.1. The van der Waals surface area contributed by atoms with Crippen LogP contribution in [0.25, 0.3) is 0 Å². The molecule has 4 nitrogen and oxygen atoms in total. The molecule has 0 saturated carbocycles. The Bertz CT molecular complexity index is 634. The van der Waals surface area contributed by atoms with Gasteiger partial charge in [-0.3, -0.25) is 0 Å². The molecule has 0 radical (unpaired) electrons. The van der Waals surface area contributed by atoms with Crippen molar-refractivity contribution < 1.29 is 0 Å². The number of rotatable bonds is 10. The van der Waals surface area contributed by atoms with Crippen LogP contribution < -0.4 is 5.32 Å². The molecule has 0 unspecified atom stereocenters. The van der Waals surface area contributed by atoms with Crippen molar-refractivity contribution >= 4 is 23.4 Å². The van der Waals surface area contributed by atoms with E-state index in [2.05, 4.69) is 50.2 Å². The van der Waals surface area contributed by atoms with Crippen LogP contribution in [0.2, 0.25) is 5.02 Å². The number of nitrogens with one attached hydrogen (secondary N) is 1. The van der Waals surface area contributed by atoms with Gasteiger partial charge in [0.05, 0.1) is 0 Å². The predicted octanol–water partition coefficient (Wildman–Crippen LogP) is 5.66. The molecule has 150 valence electrons. The van der Waals surface area contributed by atoms with E-state index >= 15 is 0 Å². The zero-order valence-corrected chi connectivity index (χ0v) is 18.1. The molecule has 2 rings (SSSR count). The van der Waals surface area contributed by atoms with Crippen LogP contribution in [0.4, 0.5) is 0 Å². The molecule has 5 heteroatoms. The lowest BCUT2D eigenvalue weighted by molar-refractivity contribution is 0.435. The zero-order valence-electron chi connectivity index (χ0n) is 17.4. The van der Waals surface area contributed by atoms with E-state index in [-0.39, 0.29) is 0 Å². The highest BCUT2D eigenvalue weighted by Crippen LogP contribution is 2.18. The quantitative estimate of drug-likeness (QED) is 0.523. The normalized spacial score (nSPS) is 15.7. The number of halogens is 1. The van der Waals surface area contributed by atoms with E-state index in [1.54, 1.807) is 0 Å². The molecule has 0 aliphatic carbocycles. The molecule has 0 fully saturated rings. The van der Waals surface area contributed by atoms with Crippen LogP contribution in [-0.2, 0) is 6.42 Å². The molecule has 0 spiro atoms. The number of benzene rings is 1. The average Bonchev–Trinajstić information content (AvgIpc) is 2.62. The van der Waals surface area contributed by atoms with E-state index < -0.39 is 5.66 Å². The Labute approximate surface area is 170 Å². The molecular weight excluding hydrogens is 356 g/mol. The third kappa shape index (κ3) is 7.92. The topological polar surface area (TPSA) is 40.0 Å². The largest absolute Gasteiger partial charge is 0.346 e. The second kappa shape index (κ2) is 10.7. The van der Waals surface area contributed by atoms with Crippen LogP contribution in [-0.4, -0.2) is 36.0 Å². The number of amidine groups is 1. The van der Waals surface area contributed by atoms with Gasteiger partial charge in [-0.25, -0.2) is 9.98 Å². The van der Waals surface area contributed by atoms with Crippen molar-refractivity contribution in [3.63, 3.8) is 0 Å². The minimum Gasteiger partial charge on any atom is -0.346 e. The van der Waals surface area contributed by atoms with Gasteiger partial charge in [-0.05, 0) is 44.4 Å². The first-order valence-corrected chi connectivity index (χ1v) is 10.7. The van der Waals surface area contributed by atoms with E-state index in [0.717, 1.165) is 36.2 Å². The van der Waals surface area contributed by atoms with Crippen molar-refractivity contribution in [3.8, 4) is 0 Å². The summed E-state index contributed by atoms with van der Waals surface area (Å²) in [7, 11) is 2.12. The number of hydrogen-bond donors (Lipinski definition) is 1. The van der Waals surface area contributed by atoms with Crippen LogP contribution >= 0.6 is 11.6 Å². The Morgan fingerprint density at radius 3 is 2.33 bits per heavy atom. The maximum absolute atomic E-state index is 5.97. The van der Waals surface area contributed by atoms with Crippen LogP contribution in [0.1, 0.15) is 71.3 Å². The van der Waals surface area contributed by atoms with E-state index in [4.69, 9.17) is 21.6 Å². The fourth-order valence-electron chi connectivity index (χ4n) is 3.25. The van der Waals surface area contributed by atoms with Crippen molar-refractivity contribution in [1.29, 1.82) is 0 Å². The number of aliphatic imine (C=N–C) groups is 2. The van der Waals surface area contributed by atoms with Gasteiger partial charge in [0.2, 0.25) is 5.96 Å². The van der Waals surface area contributed by atoms with Crippen LogP contribution in [0, 0.1) is 0 Å². The van der Waals surface area contributed by atoms with Gasteiger partial charge in [0.1, 0.15) is 11.5 Å². The molecule has 1 N–H and O–H groups in total. The highest BCUT2D eigenvalue weighted by Gasteiger charge is 2.24. The highest BCUT2D eigenvalue weighted by atomic mass is 35.5. The van der Waals surface area contributed by atoms with E-state index in [0.29, 0.717) is 0 Å². The van der Waals surface area contributed by atoms with Crippen molar-refractivity contribution in [2.24, 2.45) is 9.98 Å². The smallest absolute Gasteiger partial charge is 0.201 e. The fourth-order valence-corrected chi connectivity index (χ4v) is 3.37. The molecule has 1 aromatic carbocycles. The first kappa shape index (κ1) is 21.7. The van der Waals surface area contributed by atoms with Gasteiger partial charge < -0.3 is 10.2 Å². The highest BCUT2D eigenvalue weighted by molar-refractivity contribution is 6.30. The van der Waals surface area contributed by atoms with Gasteiger partial charge in [0, 0.05) is 25.0 Å². The van der Waals surface area contributed by atoms with Crippen LogP contribution in [0.3, 0.4) is 0 Å². The van der Waals surface area contributed by atoms with Crippen molar-refractivity contribution in [2.75, 3.05) is 13.6 Å². The third-order valence-corrected chi connectivity index (χ3v) is 5.07. The molecule has 1 aromatic rings. The first-order valence-electron chi connectivity index (χ1n) is 10.3. The zero-order chi connectivity index (χ0) is 19.7. The Hall–Kier alpha value is -1.55. The Morgan fingerprint density at radius 2 is 1.63 bits per heavy atom. The summed E-state index contributed by atoms with van der Waals surface area (Å²) in [5, 5.41) is 4.23. The first-order chi connectivity index (χ1) is 12.9. The number of hydrogen-bond acceptors (Lipinski definition) is 4. The van der Waals surface area contributed by atoms with Crippen LogP contribution in [0.15, 0.2) is 34.3 Å². The summed E-state index contributed by atoms with van der Waals surface area (Å²) >= 11 is 5.97. The summed E-state index contributed by atoms with van der Waals surface area (Å²) in [4.78, 5) is 11.8. The molecular formula is C22H35ClN4. The molecule has 1 heterocycles. The molecule has 1 aliphatic rings. The summed E-state index contributed by atoms with van der Waals surface area (Å²) in [6, 6.07) is 8.04. The predicted molar refractivity (Wildman–Crippen MR) is 118 cm³/mol. The van der Waals surface area contributed by atoms with E-state index in [1.807, 2.05) is 12.1 Å². The summed E-state index contributed by atoms with van der Waals surface area (Å²) in [6.07, 6.45) is 9.65. The van der Waals surface area contributed by atoms with Crippen LogP contribution in [0.5, 0.6) is 0 Å². The van der Waals surface area contributed by atoms with Gasteiger partial charge in [0.25, 0.3) is 0 Å². The fraction of sp³-hybridized carbons (Fsp3) is 0.636. The summed E-state index contributed by atoms with van der Waals surface area (Å²) in [5.74, 6) is 1.95. The molecule has 27 heavy (non-hydrogen) atoms.